The van der Waals surface area contributed by atoms with Crippen LogP contribution in [0.25, 0.3) is 0 Å². The minimum absolute atomic E-state index is 0.136. The topological polar surface area (TPSA) is 23.5 Å². The number of anilines is 1. The Kier molecular flexibility index (Phi) is 4.13. The molecule has 88 valence electrons. The van der Waals surface area contributed by atoms with Gasteiger partial charge < -0.3 is 10.0 Å². The molecule has 0 aromatic heterocycles. The summed E-state index contributed by atoms with van der Waals surface area (Å²) in [5, 5.41) is 10.1. The monoisotopic (exact) mass is 237 g/mol. The van der Waals surface area contributed by atoms with E-state index in [-0.39, 0.29) is 6.61 Å². The standard InChI is InChI=1S/C13H19NOS/c1-2-12-9-14(7-8-16-12)13-6-4-3-5-11(13)10-15/h3-6,12,15H,2,7-10H2,1H3. The van der Waals surface area contributed by atoms with Crippen molar-refractivity contribution < 1.29 is 5.11 Å². The lowest BCUT2D eigenvalue weighted by molar-refractivity contribution is 0.282. The largest absolute Gasteiger partial charge is 0.392 e. The maximum Gasteiger partial charge on any atom is 0.0702 e. The van der Waals surface area contributed by atoms with Crippen molar-refractivity contribution in [2.75, 3.05) is 23.7 Å². The zero-order valence-electron chi connectivity index (χ0n) is 9.72. The van der Waals surface area contributed by atoms with Crippen LogP contribution in [-0.2, 0) is 6.61 Å². The zero-order valence-corrected chi connectivity index (χ0v) is 10.5. The van der Waals surface area contributed by atoms with Crippen LogP contribution in [0.4, 0.5) is 5.69 Å². The van der Waals surface area contributed by atoms with Crippen LogP contribution >= 0.6 is 11.8 Å². The molecule has 3 heteroatoms. The molecule has 2 nitrogen and oxygen atoms in total. The fourth-order valence-corrected chi connectivity index (χ4v) is 3.32. The van der Waals surface area contributed by atoms with Crippen LogP contribution in [-0.4, -0.2) is 29.2 Å². The fraction of sp³-hybridized carbons (Fsp3) is 0.538. The first-order valence-corrected chi connectivity index (χ1v) is 6.95. The molecular formula is C13H19NOS. The SMILES string of the molecule is CCC1CN(c2ccccc2CO)CCS1. The van der Waals surface area contributed by atoms with Gasteiger partial charge in [0.2, 0.25) is 0 Å². The van der Waals surface area contributed by atoms with Crippen molar-refractivity contribution in [3.63, 3.8) is 0 Å². The van der Waals surface area contributed by atoms with Gasteiger partial charge in [-0.3, -0.25) is 0 Å². The summed E-state index contributed by atoms with van der Waals surface area (Å²) in [4.78, 5) is 2.41. The van der Waals surface area contributed by atoms with E-state index >= 15 is 0 Å². The lowest BCUT2D eigenvalue weighted by atomic mass is 10.1. The van der Waals surface area contributed by atoms with Crippen molar-refractivity contribution in [2.45, 2.75) is 25.2 Å². The van der Waals surface area contributed by atoms with Crippen molar-refractivity contribution in [1.82, 2.24) is 0 Å². The molecular weight excluding hydrogens is 218 g/mol. The van der Waals surface area contributed by atoms with E-state index in [4.69, 9.17) is 0 Å². The average molecular weight is 237 g/mol. The van der Waals surface area contributed by atoms with E-state index in [9.17, 15) is 5.11 Å². The number of nitrogens with zero attached hydrogens (tertiary/aromatic N) is 1. The van der Waals surface area contributed by atoms with E-state index in [1.54, 1.807) is 0 Å². The normalized spacial score (nSPS) is 21.1. The van der Waals surface area contributed by atoms with Gasteiger partial charge in [0.25, 0.3) is 0 Å². The Morgan fingerprint density at radius 3 is 3.00 bits per heavy atom. The van der Waals surface area contributed by atoms with Crippen LogP contribution < -0.4 is 4.90 Å². The third kappa shape index (κ3) is 2.53. The zero-order chi connectivity index (χ0) is 11.4. The summed E-state index contributed by atoms with van der Waals surface area (Å²) < 4.78 is 0. The van der Waals surface area contributed by atoms with Gasteiger partial charge >= 0.3 is 0 Å². The number of aliphatic hydroxyl groups is 1. The summed E-state index contributed by atoms with van der Waals surface area (Å²) in [5.74, 6) is 1.19. The highest BCUT2D eigenvalue weighted by atomic mass is 32.2. The van der Waals surface area contributed by atoms with Crippen LogP contribution in [0.5, 0.6) is 0 Å². The summed E-state index contributed by atoms with van der Waals surface area (Å²) in [5.41, 5.74) is 2.26. The summed E-state index contributed by atoms with van der Waals surface area (Å²) in [7, 11) is 0. The number of rotatable bonds is 3. The molecule has 1 aliphatic rings. The second-order valence-corrected chi connectivity index (χ2v) is 5.54. The van der Waals surface area contributed by atoms with Crippen molar-refractivity contribution in [1.29, 1.82) is 0 Å². The Bertz CT molecular complexity index is 342. The number of aliphatic hydroxyl groups excluding tert-OH is 1. The van der Waals surface area contributed by atoms with E-state index in [0.29, 0.717) is 0 Å². The Hall–Kier alpha value is -0.670. The molecule has 1 unspecified atom stereocenters. The second kappa shape index (κ2) is 5.60. The highest BCUT2D eigenvalue weighted by molar-refractivity contribution is 8.00. The highest BCUT2D eigenvalue weighted by Crippen LogP contribution is 2.28. The number of benzene rings is 1. The lowest BCUT2D eigenvalue weighted by Crippen LogP contribution is -2.38. The van der Waals surface area contributed by atoms with Crippen LogP contribution in [0, 0.1) is 0 Å². The highest BCUT2D eigenvalue weighted by Gasteiger charge is 2.20. The van der Waals surface area contributed by atoms with Gasteiger partial charge in [0.15, 0.2) is 0 Å². The van der Waals surface area contributed by atoms with Gasteiger partial charge in [0, 0.05) is 35.3 Å². The predicted molar refractivity (Wildman–Crippen MR) is 71.1 cm³/mol. The quantitative estimate of drug-likeness (QED) is 0.874. The first-order valence-electron chi connectivity index (χ1n) is 5.90. The Morgan fingerprint density at radius 1 is 1.44 bits per heavy atom. The van der Waals surface area contributed by atoms with Crippen molar-refractivity contribution >= 4 is 17.4 Å². The molecule has 0 aliphatic carbocycles. The molecule has 16 heavy (non-hydrogen) atoms. The molecule has 0 spiro atoms. The van der Waals surface area contributed by atoms with Gasteiger partial charge in [-0.15, -0.1) is 0 Å². The van der Waals surface area contributed by atoms with Gasteiger partial charge in [-0.25, -0.2) is 0 Å². The maximum atomic E-state index is 9.34. The molecule has 1 heterocycles. The average Bonchev–Trinajstić information content (AvgIpc) is 2.38. The van der Waals surface area contributed by atoms with Crippen molar-refractivity contribution in [2.24, 2.45) is 0 Å². The molecule has 0 radical (unpaired) electrons. The summed E-state index contributed by atoms with van der Waals surface area (Å²) in [6.07, 6.45) is 1.22. The molecule has 1 aromatic carbocycles. The van der Waals surface area contributed by atoms with E-state index in [1.807, 2.05) is 12.1 Å². The summed E-state index contributed by atoms with van der Waals surface area (Å²) in [6, 6.07) is 8.18. The molecule has 1 atom stereocenters. The van der Waals surface area contributed by atoms with E-state index in [2.05, 4.69) is 35.7 Å². The molecule has 0 saturated carbocycles. The molecule has 1 aliphatic heterocycles. The van der Waals surface area contributed by atoms with Gasteiger partial charge in [0.1, 0.15) is 0 Å². The molecule has 0 bridgehead atoms. The van der Waals surface area contributed by atoms with Gasteiger partial charge in [-0.2, -0.15) is 11.8 Å². The third-order valence-corrected chi connectivity index (χ3v) is 4.47. The smallest absolute Gasteiger partial charge is 0.0702 e. The minimum Gasteiger partial charge on any atom is -0.392 e. The van der Waals surface area contributed by atoms with Crippen molar-refractivity contribution in [3.8, 4) is 0 Å². The van der Waals surface area contributed by atoms with Gasteiger partial charge in [-0.05, 0) is 12.5 Å². The first-order chi connectivity index (χ1) is 7.85. The predicted octanol–water partition coefficient (Wildman–Crippen LogP) is 2.51. The molecule has 1 fully saturated rings. The third-order valence-electron chi connectivity index (χ3n) is 3.10. The van der Waals surface area contributed by atoms with Crippen LogP contribution in [0.2, 0.25) is 0 Å². The molecule has 1 saturated heterocycles. The fourth-order valence-electron chi connectivity index (χ4n) is 2.14. The van der Waals surface area contributed by atoms with Crippen LogP contribution in [0.1, 0.15) is 18.9 Å². The molecule has 1 N–H and O–H groups in total. The van der Waals surface area contributed by atoms with Crippen LogP contribution in [0.15, 0.2) is 24.3 Å². The van der Waals surface area contributed by atoms with Gasteiger partial charge in [-0.1, -0.05) is 25.1 Å². The van der Waals surface area contributed by atoms with E-state index in [1.165, 1.54) is 17.9 Å². The van der Waals surface area contributed by atoms with Gasteiger partial charge in [0.05, 0.1) is 6.61 Å². The minimum atomic E-state index is 0.136. The second-order valence-electron chi connectivity index (χ2n) is 4.13. The molecule has 0 amide bonds. The van der Waals surface area contributed by atoms with Crippen LogP contribution in [0.3, 0.4) is 0 Å². The van der Waals surface area contributed by atoms with E-state index in [0.717, 1.165) is 23.9 Å². The molecule has 1 aromatic rings. The van der Waals surface area contributed by atoms with Crippen molar-refractivity contribution in [3.05, 3.63) is 29.8 Å². The number of hydrogen-bond acceptors (Lipinski definition) is 3. The number of hydrogen-bond donors (Lipinski definition) is 1. The number of para-hydroxylation sites is 1. The summed E-state index contributed by atoms with van der Waals surface area (Å²) in [6.45, 7) is 4.59. The number of thioether (sulfide) groups is 1. The lowest BCUT2D eigenvalue weighted by Gasteiger charge is -2.34. The first kappa shape index (κ1) is 11.8. The maximum absolute atomic E-state index is 9.34. The Labute approximate surface area is 102 Å². The Balaban J connectivity index is 2.16. The Morgan fingerprint density at radius 2 is 2.25 bits per heavy atom. The summed E-state index contributed by atoms with van der Waals surface area (Å²) >= 11 is 2.07. The van der Waals surface area contributed by atoms with E-state index < -0.39 is 0 Å². The molecule has 2 rings (SSSR count).